The number of nitrogens with zero attached hydrogens (tertiary/aromatic N) is 2. The van der Waals surface area contributed by atoms with Crippen molar-refractivity contribution in [3.8, 4) is 5.75 Å². The molecule has 10 heteroatoms. The molecule has 1 aromatic rings. The van der Waals surface area contributed by atoms with E-state index in [0.717, 1.165) is 11.3 Å². The highest BCUT2D eigenvalue weighted by Gasteiger charge is 2.49. The number of carbonyl (C=O) groups is 3. The number of hydrogen-bond donors (Lipinski definition) is 1. The van der Waals surface area contributed by atoms with E-state index in [4.69, 9.17) is 4.74 Å². The summed E-state index contributed by atoms with van der Waals surface area (Å²) in [5.41, 5.74) is -1.01. The van der Waals surface area contributed by atoms with E-state index in [2.05, 4.69) is 10.1 Å². The smallest absolute Gasteiger partial charge is 0.387 e. The Labute approximate surface area is 166 Å². The monoisotopic (exact) mass is 411 g/mol. The Bertz CT molecular complexity index is 789. The molecular formula is C19H23F2N3O5. The van der Waals surface area contributed by atoms with Gasteiger partial charge in [-0.3, -0.25) is 14.5 Å². The number of ether oxygens (including phenoxy) is 2. The first-order valence-corrected chi connectivity index (χ1v) is 9.33. The SMILES string of the molecule is CCC1CN(C(=O)CN2C(=O)NC(C)(c3ccc(OC(F)F)cc3)C2=O)CCO1. The van der Waals surface area contributed by atoms with Gasteiger partial charge < -0.3 is 19.7 Å². The van der Waals surface area contributed by atoms with Gasteiger partial charge in [-0.15, -0.1) is 0 Å². The highest BCUT2D eigenvalue weighted by Crippen LogP contribution is 2.30. The van der Waals surface area contributed by atoms with E-state index in [9.17, 15) is 23.2 Å². The van der Waals surface area contributed by atoms with Crippen molar-refractivity contribution in [1.29, 1.82) is 0 Å². The zero-order valence-electron chi connectivity index (χ0n) is 16.2. The molecule has 2 aliphatic rings. The van der Waals surface area contributed by atoms with E-state index in [1.807, 2.05) is 6.92 Å². The number of carbonyl (C=O) groups excluding carboxylic acids is 3. The van der Waals surface area contributed by atoms with Gasteiger partial charge in [-0.25, -0.2) is 4.79 Å². The highest BCUT2D eigenvalue weighted by atomic mass is 19.3. The van der Waals surface area contributed by atoms with Crippen molar-refractivity contribution in [2.45, 2.75) is 38.5 Å². The van der Waals surface area contributed by atoms with Crippen molar-refractivity contribution < 1.29 is 32.6 Å². The van der Waals surface area contributed by atoms with Crippen LogP contribution in [0.25, 0.3) is 0 Å². The molecule has 2 atom stereocenters. The molecule has 4 amide bonds. The van der Waals surface area contributed by atoms with Crippen LogP contribution in [0, 0.1) is 0 Å². The number of urea groups is 1. The molecule has 2 unspecified atom stereocenters. The van der Waals surface area contributed by atoms with Crippen LogP contribution >= 0.6 is 0 Å². The van der Waals surface area contributed by atoms with Gasteiger partial charge >= 0.3 is 12.6 Å². The van der Waals surface area contributed by atoms with Crippen molar-refractivity contribution in [1.82, 2.24) is 15.1 Å². The molecule has 2 aliphatic heterocycles. The number of morpholine rings is 1. The van der Waals surface area contributed by atoms with E-state index in [0.29, 0.717) is 25.3 Å². The molecule has 1 N–H and O–H groups in total. The normalized spacial score (nSPS) is 24.8. The number of hydrogen-bond acceptors (Lipinski definition) is 5. The molecule has 0 bridgehead atoms. The molecule has 29 heavy (non-hydrogen) atoms. The highest BCUT2D eigenvalue weighted by molar-refractivity contribution is 6.09. The van der Waals surface area contributed by atoms with Gasteiger partial charge in [0.1, 0.15) is 17.8 Å². The fraction of sp³-hybridized carbons (Fsp3) is 0.526. The van der Waals surface area contributed by atoms with Gasteiger partial charge in [0.05, 0.1) is 12.7 Å². The van der Waals surface area contributed by atoms with E-state index in [1.54, 1.807) is 4.90 Å². The van der Waals surface area contributed by atoms with Crippen LogP contribution < -0.4 is 10.1 Å². The van der Waals surface area contributed by atoms with Crippen LogP contribution in [0.5, 0.6) is 5.75 Å². The van der Waals surface area contributed by atoms with E-state index in [1.165, 1.54) is 31.2 Å². The summed E-state index contributed by atoms with van der Waals surface area (Å²) in [4.78, 5) is 40.4. The molecule has 158 valence electrons. The number of halogens is 2. The van der Waals surface area contributed by atoms with E-state index < -0.39 is 24.1 Å². The van der Waals surface area contributed by atoms with E-state index in [-0.39, 0.29) is 24.3 Å². The molecule has 0 aromatic heterocycles. The summed E-state index contributed by atoms with van der Waals surface area (Å²) < 4.78 is 34.4. The fourth-order valence-corrected chi connectivity index (χ4v) is 3.43. The average Bonchev–Trinajstić information content (AvgIpc) is 2.92. The van der Waals surface area contributed by atoms with Crippen LogP contribution in [-0.2, 0) is 19.9 Å². The first kappa shape index (κ1) is 21.0. The predicted octanol–water partition coefficient (Wildman–Crippen LogP) is 1.69. The molecular weight excluding hydrogens is 388 g/mol. The van der Waals surface area contributed by atoms with Crippen molar-refractivity contribution >= 4 is 17.8 Å². The minimum absolute atomic E-state index is 0.0601. The van der Waals surface area contributed by atoms with Crippen LogP contribution in [0.4, 0.5) is 13.6 Å². The van der Waals surface area contributed by atoms with Crippen molar-refractivity contribution in [2.75, 3.05) is 26.2 Å². The Balaban J connectivity index is 1.70. The Morgan fingerprint density at radius 1 is 1.34 bits per heavy atom. The van der Waals surface area contributed by atoms with Crippen molar-refractivity contribution in [2.24, 2.45) is 0 Å². The fourth-order valence-electron chi connectivity index (χ4n) is 3.43. The predicted molar refractivity (Wildman–Crippen MR) is 97.3 cm³/mol. The molecule has 1 aromatic carbocycles. The maximum absolute atomic E-state index is 12.9. The standard InChI is InChI=1S/C19H23F2N3O5/c1-3-13-10-23(8-9-28-13)15(25)11-24-16(26)19(2,22-18(24)27)12-4-6-14(7-5-12)29-17(20)21/h4-7,13,17H,3,8-11H2,1-2H3,(H,22,27). The first-order valence-electron chi connectivity index (χ1n) is 9.33. The molecule has 0 radical (unpaired) electrons. The number of nitrogens with one attached hydrogen (secondary N) is 1. The zero-order chi connectivity index (χ0) is 21.2. The van der Waals surface area contributed by atoms with Crippen LogP contribution in [0.1, 0.15) is 25.8 Å². The second-order valence-corrected chi connectivity index (χ2v) is 7.09. The van der Waals surface area contributed by atoms with Gasteiger partial charge in [0.15, 0.2) is 0 Å². The lowest BCUT2D eigenvalue weighted by atomic mass is 9.92. The van der Waals surface area contributed by atoms with Crippen molar-refractivity contribution in [3.05, 3.63) is 29.8 Å². The summed E-state index contributed by atoms with van der Waals surface area (Å²) in [5.74, 6) is -0.979. The zero-order valence-corrected chi connectivity index (χ0v) is 16.2. The topological polar surface area (TPSA) is 88.2 Å². The molecule has 3 rings (SSSR count). The second kappa shape index (κ2) is 8.32. The van der Waals surface area contributed by atoms with Gasteiger partial charge in [-0.05, 0) is 31.0 Å². The third-order valence-electron chi connectivity index (χ3n) is 5.17. The van der Waals surface area contributed by atoms with Crippen molar-refractivity contribution in [3.63, 3.8) is 0 Å². The van der Waals surface area contributed by atoms with Gasteiger partial charge in [-0.2, -0.15) is 8.78 Å². The van der Waals surface area contributed by atoms with Crippen LogP contribution in [0.3, 0.4) is 0 Å². The Kier molecular flexibility index (Phi) is 6.02. The average molecular weight is 411 g/mol. The number of alkyl halides is 2. The minimum Gasteiger partial charge on any atom is -0.435 e. The summed E-state index contributed by atoms with van der Waals surface area (Å²) in [6.45, 7) is 1.36. The summed E-state index contributed by atoms with van der Waals surface area (Å²) in [7, 11) is 0. The molecule has 2 fully saturated rings. The number of imide groups is 1. The summed E-state index contributed by atoms with van der Waals surface area (Å²) >= 11 is 0. The Hall–Kier alpha value is -2.75. The number of benzene rings is 1. The van der Waals surface area contributed by atoms with Crippen LogP contribution in [-0.4, -0.2) is 66.6 Å². The second-order valence-electron chi connectivity index (χ2n) is 7.09. The molecule has 0 aliphatic carbocycles. The molecule has 8 nitrogen and oxygen atoms in total. The molecule has 0 saturated carbocycles. The summed E-state index contributed by atoms with van der Waals surface area (Å²) in [6.07, 6.45) is 0.700. The first-order chi connectivity index (χ1) is 13.7. The van der Waals surface area contributed by atoms with Gasteiger partial charge in [-0.1, -0.05) is 19.1 Å². The molecule has 2 saturated heterocycles. The summed E-state index contributed by atoms with van der Waals surface area (Å²) in [6, 6.07) is 4.75. The van der Waals surface area contributed by atoms with Gasteiger partial charge in [0.25, 0.3) is 5.91 Å². The lowest BCUT2D eigenvalue weighted by Gasteiger charge is -2.33. The maximum atomic E-state index is 12.9. The molecule has 2 heterocycles. The van der Waals surface area contributed by atoms with Crippen LogP contribution in [0.15, 0.2) is 24.3 Å². The third kappa shape index (κ3) is 4.31. The van der Waals surface area contributed by atoms with Gasteiger partial charge in [0, 0.05) is 13.1 Å². The molecule has 0 spiro atoms. The Morgan fingerprint density at radius 2 is 2.03 bits per heavy atom. The third-order valence-corrected chi connectivity index (χ3v) is 5.17. The van der Waals surface area contributed by atoms with E-state index >= 15 is 0 Å². The maximum Gasteiger partial charge on any atom is 0.387 e. The Morgan fingerprint density at radius 3 is 2.66 bits per heavy atom. The minimum atomic E-state index is -2.96. The number of rotatable bonds is 6. The van der Waals surface area contributed by atoms with Crippen LogP contribution in [0.2, 0.25) is 0 Å². The lowest BCUT2D eigenvalue weighted by Crippen LogP contribution is -2.50. The number of amides is 4. The quantitative estimate of drug-likeness (QED) is 0.720. The largest absolute Gasteiger partial charge is 0.435 e. The van der Waals surface area contributed by atoms with Gasteiger partial charge in [0.2, 0.25) is 5.91 Å². The summed E-state index contributed by atoms with van der Waals surface area (Å²) in [5, 5.41) is 2.59. The lowest BCUT2D eigenvalue weighted by molar-refractivity contribution is -0.143.